The molecule has 0 saturated heterocycles. The Kier molecular flexibility index (Phi) is 4.11. The molecule has 1 heterocycles. The Morgan fingerprint density at radius 2 is 1.95 bits per heavy atom. The summed E-state index contributed by atoms with van der Waals surface area (Å²) in [7, 11) is 2.12. The van der Waals surface area contributed by atoms with Gasteiger partial charge in [0.1, 0.15) is 11.6 Å². The summed E-state index contributed by atoms with van der Waals surface area (Å²) in [6, 6.07) is 0.648. The molecular weight excluding hydrogens is 248 g/mol. The molecule has 0 bridgehead atoms. The highest BCUT2D eigenvalue weighted by Crippen LogP contribution is 2.35. The number of nitrogens with one attached hydrogen (secondary N) is 1. The molecule has 2 aliphatic rings. The van der Waals surface area contributed by atoms with Gasteiger partial charge in [0.05, 0.1) is 6.54 Å². The van der Waals surface area contributed by atoms with Crippen molar-refractivity contribution in [1.29, 1.82) is 0 Å². The van der Waals surface area contributed by atoms with Gasteiger partial charge in [0.2, 0.25) is 0 Å². The Labute approximate surface area is 122 Å². The molecule has 0 aromatic carbocycles. The molecule has 1 aromatic rings. The third-order valence-electron chi connectivity index (χ3n) is 5.42. The lowest BCUT2D eigenvalue weighted by molar-refractivity contribution is 0.225. The lowest BCUT2D eigenvalue weighted by Crippen LogP contribution is -2.39. The molecule has 0 amide bonds. The van der Waals surface area contributed by atoms with Crippen molar-refractivity contribution in [1.82, 2.24) is 20.1 Å². The van der Waals surface area contributed by atoms with E-state index in [9.17, 15) is 0 Å². The lowest BCUT2D eigenvalue weighted by Gasteiger charge is -2.33. The van der Waals surface area contributed by atoms with Gasteiger partial charge in [-0.2, -0.15) is 0 Å². The Hall–Kier alpha value is -0.900. The quantitative estimate of drug-likeness (QED) is 0.919. The number of hydrogen-bond donors (Lipinski definition) is 1. The van der Waals surface area contributed by atoms with Crippen LogP contribution in [-0.4, -0.2) is 20.8 Å². The molecule has 3 rings (SSSR count). The van der Waals surface area contributed by atoms with Crippen molar-refractivity contribution in [3.8, 4) is 0 Å². The van der Waals surface area contributed by atoms with Crippen LogP contribution < -0.4 is 5.32 Å². The fourth-order valence-electron chi connectivity index (χ4n) is 3.74. The minimum Gasteiger partial charge on any atom is -0.317 e. The van der Waals surface area contributed by atoms with Crippen molar-refractivity contribution in [2.45, 2.75) is 70.9 Å². The van der Waals surface area contributed by atoms with Crippen LogP contribution >= 0.6 is 0 Å². The number of hydrogen-bond acceptors (Lipinski definition) is 3. The second kappa shape index (κ2) is 5.84. The maximum atomic E-state index is 4.41. The highest BCUT2D eigenvalue weighted by molar-refractivity contribution is 5.04. The highest BCUT2D eigenvalue weighted by atomic mass is 15.3. The van der Waals surface area contributed by atoms with Crippen LogP contribution in [0.2, 0.25) is 0 Å². The van der Waals surface area contributed by atoms with E-state index < -0.39 is 0 Å². The lowest BCUT2D eigenvalue weighted by atomic mass is 9.80. The van der Waals surface area contributed by atoms with Gasteiger partial charge >= 0.3 is 0 Å². The van der Waals surface area contributed by atoms with Crippen LogP contribution in [0.25, 0.3) is 0 Å². The first-order valence-electron chi connectivity index (χ1n) is 8.26. The monoisotopic (exact) mass is 276 g/mol. The highest BCUT2D eigenvalue weighted by Gasteiger charge is 2.27. The van der Waals surface area contributed by atoms with Crippen LogP contribution in [0, 0.1) is 11.8 Å². The minimum atomic E-state index is 0.648. The average Bonchev–Trinajstić information content (AvgIpc) is 2.69. The van der Waals surface area contributed by atoms with Crippen molar-refractivity contribution in [3.63, 3.8) is 0 Å². The zero-order chi connectivity index (χ0) is 14.1. The fraction of sp³-hybridized carbons (Fsp3) is 0.875. The molecule has 2 fully saturated rings. The average molecular weight is 276 g/mol. The molecule has 0 radical (unpaired) electrons. The van der Waals surface area contributed by atoms with E-state index >= 15 is 0 Å². The molecule has 20 heavy (non-hydrogen) atoms. The van der Waals surface area contributed by atoms with E-state index in [1.807, 2.05) is 0 Å². The first kappa shape index (κ1) is 14.1. The molecule has 112 valence electrons. The van der Waals surface area contributed by atoms with Gasteiger partial charge in [-0.15, -0.1) is 10.2 Å². The van der Waals surface area contributed by atoms with Crippen LogP contribution in [-0.2, 0) is 13.6 Å². The van der Waals surface area contributed by atoms with Crippen LogP contribution in [0.3, 0.4) is 0 Å². The third kappa shape index (κ3) is 2.76. The van der Waals surface area contributed by atoms with Gasteiger partial charge < -0.3 is 9.88 Å². The molecule has 0 spiro atoms. The van der Waals surface area contributed by atoms with Gasteiger partial charge in [0.25, 0.3) is 0 Å². The summed E-state index contributed by atoms with van der Waals surface area (Å²) in [4.78, 5) is 0. The maximum Gasteiger partial charge on any atom is 0.146 e. The van der Waals surface area contributed by atoms with Crippen molar-refractivity contribution < 1.29 is 0 Å². The van der Waals surface area contributed by atoms with E-state index in [0.29, 0.717) is 12.0 Å². The van der Waals surface area contributed by atoms with Crippen LogP contribution in [0.1, 0.15) is 69.9 Å². The Morgan fingerprint density at radius 1 is 1.15 bits per heavy atom. The number of aromatic nitrogens is 3. The Balaban J connectivity index is 1.57. The zero-order valence-electron chi connectivity index (χ0n) is 13.1. The summed E-state index contributed by atoms with van der Waals surface area (Å²) in [6.45, 7) is 5.61. The van der Waals surface area contributed by atoms with Crippen molar-refractivity contribution in [2.24, 2.45) is 18.9 Å². The summed E-state index contributed by atoms with van der Waals surface area (Å²) >= 11 is 0. The van der Waals surface area contributed by atoms with Crippen molar-refractivity contribution >= 4 is 0 Å². The largest absolute Gasteiger partial charge is 0.317 e. The molecule has 1 N–H and O–H groups in total. The van der Waals surface area contributed by atoms with Crippen molar-refractivity contribution in [3.05, 3.63) is 11.6 Å². The Bertz CT molecular complexity index is 449. The normalized spacial score (nSPS) is 31.2. The van der Waals surface area contributed by atoms with Gasteiger partial charge in [0, 0.05) is 19.0 Å². The summed E-state index contributed by atoms with van der Waals surface area (Å²) in [5.41, 5.74) is 0. The van der Waals surface area contributed by atoms with Gasteiger partial charge in [-0.1, -0.05) is 20.3 Å². The molecular formula is C16H28N4. The van der Waals surface area contributed by atoms with E-state index in [1.165, 1.54) is 44.3 Å². The molecule has 2 aliphatic carbocycles. The Morgan fingerprint density at radius 3 is 2.60 bits per heavy atom. The summed E-state index contributed by atoms with van der Waals surface area (Å²) in [5.74, 6) is 4.62. The van der Waals surface area contributed by atoms with Crippen LogP contribution in [0.15, 0.2) is 0 Å². The summed E-state index contributed by atoms with van der Waals surface area (Å²) < 4.78 is 2.22. The van der Waals surface area contributed by atoms with Gasteiger partial charge in [-0.25, -0.2) is 0 Å². The van der Waals surface area contributed by atoms with Crippen LogP contribution in [0.5, 0.6) is 0 Å². The molecule has 2 saturated carbocycles. The first-order valence-corrected chi connectivity index (χ1v) is 8.26. The topological polar surface area (TPSA) is 42.7 Å². The minimum absolute atomic E-state index is 0.648. The van der Waals surface area contributed by atoms with E-state index in [1.54, 1.807) is 0 Å². The molecule has 4 nitrogen and oxygen atoms in total. The van der Waals surface area contributed by atoms with E-state index in [-0.39, 0.29) is 0 Å². The summed E-state index contributed by atoms with van der Waals surface area (Å²) in [6.07, 6.45) is 7.93. The molecule has 4 heteroatoms. The van der Waals surface area contributed by atoms with Crippen LogP contribution in [0.4, 0.5) is 0 Å². The maximum absolute atomic E-state index is 4.41. The van der Waals surface area contributed by atoms with E-state index in [4.69, 9.17) is 0 Å². The second-order valence-corrected chi connectivity index (χ2v) is 7.04. The van der Waals surface area contributed by atoms with Gasteiger partial charge in [0.15, 0.2) is 0 Å². The van der Waals surface area contributed by atoms with E-state index in [2.05, 4.69) is 41.0 Å². The number of nitrogens with zero attached hydrogens (tertiary/aromatic N) is 3. The third-order valence-corrected chi connectivity index (χ3v) is 5.42. The smallest absolute Gasteiger partial charge is 0.146 e. The standard InChI is InChI=1S/C16H28N4/c1-11-7-8-14(12(2)9-11)17-10-15-18-19-16(20(15)3)13-5-4-6-13/h11-14,17H,4-10H2,1-3H3/t11-,12+,14+/m1/s1. The van der Waals surface area contributed by atoms with Gasteiger partial charge in [-0.05, 0) is 43.9 Å². The van der Waals surface area contributed by atoms with Crippen molar-refractivity contribution in [2.75, 3.05) is 0 Å². The molecule has 3 atom stereocenters. The predicted molar refractivity (Wildman–Crippen MR) is 80.4 cm³/mol. The molecule has 0 unspecified atom stereocenters. The summed E-state index contributed by atoms with van der Waals surface area (Å²) in [5, 5.41) is 12.5. The zero-order valence-corrected chi connectivity index (χ0v) is 13.1. The van der Waals surface area contributed by atoms with Gasteiger partial charge in [-0.3, -0.25) is 0 Å². The first-order chi connectivity index (χ1) is 9.65. The number of rotatable bonds is 4. The molecule has 1 aromatic heterocycles. The second-order valence-electron chi connectivity index (χ2n) is 7.04. The fourth-order valence-corrected chi connectivity index (χ4v) is 3.74. The predicted octanol–water partition coefficient (Wildman–Crippen LogP) is 3.00. The SMILES string of the molecule is C[C@@H]1CC[C@H](NCc2nnc(C3CCC3)n2C)[C@@H](C)C1. The molecule has 0 aliphatic heterocycles. The van der Waals surface area contributed by atoms with E-state index in [0.717, 1.165) is 24.2 Å².